The molecule has 0 saturated carbocycles. The SMILES string of the molecule is CC(C)C[C@H](NC(=O)[C@@H](N)Cc1ccccc1)C(=O)N(C=O)[C@](CC(C)C)(B(O)O)N1C=CN=CC1. The first-order valence-electron chi connectivity index (χ1n) is 12.2. The Bertz CT molecular complexity index is 940. The van der Waals surface area contributed by atoms with Crippen LogP contribution in [-0.4, -0.2) is 75.6 Å². The Morgan fingerprint density at radius 2 is 1.89 bits per heavy atom. The molecule has 3 atom stereocenters. The number of nitrogens with one attached hydrogen (secondary N) is 1. The van der Waals surface area contributed by atoms with Gasteiger partial charge in [-0.15, -0.1) is 0 Å². The van der Waals surface area contributed by atoms with E-state index >= 15 is 0 Å². The third-order valence-electron chi connectivity index (χ3n) is 6.05. The number of benzene rings is 1. The zero-order valence-corrected chi connectivity index (χ0v) is 21.4. The van der Waals surface area contributed by atoms with Crippen molar-refractivity contribution in [2.24, 2.45) is 22.6 Å². The van der Waals surface area contributed by atoms with E-state index in [1.165, 1.54) is 17.3 Å². The summed E-state index contributed by atoms with van der Waals surface area (Å²) in [7, 11) is -2.08. The number of rotatable bonds is 13. The molecule has 5 N–H and O–H groups in total. The largest absolute Gasteiger partial charge is 0.501 e. The van der Waals surface area contributed by atoms with Gasteiger partial charge in [0.2, 0.25) is 12.3 Å². The fraction of sp³-hybridized carbons (Fsp3) is 0.520. The Hall–Kier alpha value is -3.02. The number of hydrogen-bond acceptors (Lipinski definition) is 8. The van der Waals surface area contributed by atoms with Gasteiger partial charge in [0.25, 0.3) is 5.91 Å². The average Bonchev–Trinajstić information content (AvgIpc) is 2.83. The third-order valence-corrected chi connectivity index (χ3v) is 6.05. The van der Waals surface area contributed by atoms with Gasteiger partial charge in [-0.3, -0.25) is 24.3 Å². The summed E-state index contributed by atoms with van der Waals surface area (Å²) < 4.78 is 0. The minimum Gasteiger partial charge on any atom is -0.424 e. The number of imide groups is 1. The molecule has 3 amide bonds. The summed E-state index contributed by atoms with van der Waals surface area (Å²) in [5.41, 5.74) is 5.21. The molecular formula is C25H38BN5O5. The molecule has 1 aliphatic heterocycles. The first-order chi connectivity index (χ1) is 17.0. The second kappa shape index (κ2) is 13.3. The topological polar surface area (TPSA) is 149 Å². The maximum atomic E-state index is 13.8. The molecule has 0 saturated heterocycles. The molecule has 0 fully saturated rings. The summed E-state index contributed by atoms with van der Waals surface area (Å²) in [6.45, 7) is 7.62. The van der Waals surface area contributed by atoms with Crippen LogP contribution in [0.2, 0.25) is 0 Å². The lowest BCUT2D eigenvalue weighted by Crippen LogP contribution is -2.72. The molecule has 1 heterocycles. The summed E-state index contributed by atoms with van der Waals surface area (Å²) >= 11 is 0. The molecule has 1 aromatic rings. The van der Waals surface area contributed by atoms with Gasteiger partial charge in [0.1, 0.15) is 6.04 Å². The van der Waals surface area contributed by atoms with Crippen molar-refractivity contribution in [2.45, 2.75) is 64.6 Å². The van der Waals surface area contributed by atoms with Crippen molar-refractivity contribution < 1.29 is 24.4 Å². The summed E-state index contributed by atoms with van der Waals surface area (Å²) in [5.74, 6) is -1.42. The minimum atomic E-state index is -2.08. The van der Waals surface area contributed by atoms with Crippen LogP contribution in [-0.2, 0) is 20.8 Å². The highest BCUT2D eigenvalue weighted by Crippen LogP contribution is 2.31. The molecule has 0 aliphatic carbocycles. The van der Waals surface area contributed by atoms with Gasteiger partial charge in [-0.25, -0.2) is 0 Å². The van der Waals surface area contributed by atoms with E-state index in [4.69, 9.17) is 5.73 Å². The Balaban J connectivity index is 2.38. The van der Waals surface area contributed by atoms with Crippen LogP contribution in [0.4, 0.5) is 0 Å². The molecule has 0 spiro atoms. The van der Waals surface area contributed by atoms with Gasteiger partial charge in [0.15, 0.2) is 5.56 Å². The fourth-order valence-electron chi connectivity index (χ4n) is 4.43. The lowest BCUT2D eigenvalue weighted by molar-refractivity contribution is -0.152. The van der Waals surface area contributed by atoms with E-state index in [-0.39, 0.29) is 37.6 Å². The molecule has 10 nitrogen and oxygen atoms in total. The zero-order chi connectivity index (χ0) is 26.9. The monoisotopic (exact) mass is 499 g/mol. The lowest BCUT2D eigenvalue weighted by atomic mass is 9.65. The third kappa shape index (κ3) is 7.25. The second-order valence-corrected chi connectivity index (χ2v) is 9.93. The predicted octanol–water partition coefficient (Wildman–Crippen LogP) is 0.684. The van der Waals surface area contributed by atoms with Crippen LogP contribution in [0.25, 0.3) is 0 Å². The van der Waals surface area contributed by atoms with E-state index in [2.05, 4.69) is 10.3 Å². The van der Waals surface area contributed by atoms with E-state index in [0.717, 1.165) is 10.5 Å². The molecular weight excluding hydrogens is 461 g/mol. The van der Waals surface area contributed by atoms with Crippen molar-refractivity contribution in [3.63, 3.8) is 0 Å². The standard InChI is InChI=1S/C25H38BN5O5/c1-18(2)14-22(29-23(33)21(27)15-20-8-6-5-7-9-20)24(34)31(17-32)25(26(35)36,16-19(3)4)30-12-10-28-11-13-30/h5-12,17-19,21-22,35-36H,13-16,27H2,1-4H3,(H,29,33)/t21-,22-,25+/m0/s1. The molecule has 0 bridgehead atoms. The molecule has 1 aromatic carbocycles. The molecule has 2 rings (SSSR count). The highest BCUT2D eigenvalue weighted by atomic mass is 16.4. The Morgan fingerprint density at radius 1 is 1.22 bits per heavy atom. The highest BCUT2D eigenvalue weighted by Gasteiger charge is 2.54. The average molecular weight is 499 g/mol. The van der Waals surface area contributed by atoms with Crippen LogP contribution in [0.5, 0.6) is 0 Å². The number of amides is 3. The number of nitrogens with zero attached hydrogens (tertiary/aromatic N) is 3. The van der Waals surface area contributed by atoms with Gasteiger partial charge in [0, 0.05) is 18.6 Å². The van der Waals surface area contributed by atoms with Crippen molar-refractivity contribution in [3.8, 4) is 0 Å². The van der Waals surface area contributed by atoms with Crippen LogP contribution in [0.3, 0.4) is 0 Å². The van der Waals surface area contributed by atoms with Gasteiger partial charge >= 0.3 is 7.12 Å². The van der Waals surface area contributed by atoms with E-state index in [9.17, 15) is 24.4 Å². The smallest absolute Gasteiger partial charge is 0.424 e. The summed E-state index contributed by atoms with van der Waals surface area (Å²) in [6, 6.07) is 7.26. The number of aliphatic imine (C=N–C) groups is 1. The van der Waals surface area contributed by atoms with Crippen molar-refractivity contribution >= 4 is 31.6 Å². The summed E-state index contributed by atoms with van der Waals surface area (Å²) in [5, 5.41) is 23.9. The van der Waals surface area contributed by atoms with E-state index in [0.29, 0.717) is 6.41 Å². The van der Waals surface area contributed by atoms with Crippen LogP contribution in [0, 0.1) is 11.8 Å². The number of hydrogen-bond donors (Lipinski definition) is 4. The number of nitrogens with two attached hydrogens (primary N) is 1. The van der Waals surface area contributed by atoms with E-state index < -0.39 is 36.6 Å². The van der Waals surface area contributed by atoms with Crippen molar-refractivity contribution in [3.05, 3.63) is 48.3 Å². The zero-order valence-electron chi connectivity index (χ0n) is 21.4. The van der Waals surface area contributed by atoms with Crippen molar-refractivity contribution in [1.82, 2.24) is 15.1 Å². The first-order valence-corrected chi connectivity index (χ1v) is 12.2. The van der Waals surface area contributed by atoms with Gasteiger partial charge in [-0.05, 0) is 36.7 Å². The van der Waals surface area contributed by atoms with Crippen LogP contribution in [0.15, 0.2) is 47.7 Å². The second-order valence-electron chi connectivity index (χ2n) is 9.93. The van der Waals surface area contributed by atoms with Gasteiger partial charge in [-0.1, -0.05) is 58.0 Å². The summed E-state index contributed by atoms with van der Waals surface area (Å²) in [4.78, 5) is 45.6. The lowest BCUT2D eigenvalue weighted by Gasteiger charge is -2.49. The van der Waals surface area contributed by atoms with E-state index in [1.807, 2.05) is 58.0 Å². The van der Waals surface area contributed by atoms with Gasteiger partial charge in [-0.2, -0.15) is 0 Å². The number of carbonyl (C=O) groups is 3. The number of carbonyl (C=O) groups excluding carboxylic acids is 3. The molecule has 1 aliphatic rings. The van der Waals surface area contributed by atoms with Crippen LogP contribution in [0.1, 0.15) is 46.1 Å². The van der Waals surface area contributed by atoms with Crippen LogP contribution < -0.4 is 11.1 Å². The molecule has 0 aromatic heterocycles. The maximum Gasteiger partial charge on any atom is 0.501 e. The first kappa shape index (κ1) is 29.2. The maximum absolute atomic E-state index is 13.8. The fourth-order valence-corrected chi connectivity index (χ4v) is 4.43. The Labute approximate surface area is 213 Å². The van der Waals surface area contributed by atoms with E-state index in [1.54, 1.807) is 6.21 Å². The molecule has 0 unspecified atom stereocenters. The molecule has 11 heteroatoms. The molecule has 196 valence electrons. The quantitative estimate of drug-likeness (QED) is 0.230. The summed E-state index contributed by atoms with van der Waals surface area (Å²) in [6.07, 6.45) is 5.37. The van der Waals surface area contributed by atoms with Crippen LogP contribution >= 0.6 is 0 Å². The highest BCUT2D eigenvalue weighted by molar-refractivity contribution is 6.46. The van der Waals surface area contributed by atoms with Gasteiger partial charge in [0.05, 0.1) is 12.6 Å². The Morgan fingerprint density at radius 3 is 2.39 bits per heavy atom. The molecule has 0 radical (unpaired) electrons. The molecule has 36 heavy (non-hydrogen) atoms. The van der Waals surface area contributed by atoms with Gasteiger partial charge < -0.3 is 26.0 Å². The normalized spacial score (nSPS) is 16.4. The van der Waals surface area contributed by atoms with Crippen molar-refractivity contribution in [2.75, 3.05) is 6.54 Å². The predicted molar refractivity (Wildman–Crippen MR) is 139 cm³/mol. The minimum absolute atomic E-state index is 0.0151. The Kier molecular flexibility index (Phi) is 10.8. The van der Waals surface area contributed by atoms with Crippen molar-refractivity contribution in [1.29, 1.82) is 0 Å².